The molecule has 0 N–H and O–H groups in total. The van der Waals surface area contributed by atoms with Crippen molar-refractivity contribution in [3.63, 3.8) is 0 Å². The van der Waals surface area contributed by atoms with Crippen LogP contribution in [0.5, 0.6) is 5.75 Å². The molecule has 0 radical (unpaired) electrons. The summed E-state index contributed by atoms with van der Waals surface area (Å²) in [4.78, 5) is 30.2. The Balaban J connectivity index is 1.80. The fraction of sp³-hybridized carbons (Fsp3) is 0.154. The van der Waals surface area contributed by atoms with Crippen LogP contribution in [0.3, 0.4) is 0 Å². The van der Waals surface area contributed by atoms with E-state index in [1.807, 2.05) is 42.2 Å². The molecule has 0 fully saturated rings. The Morgan fingerprint density at radius 2 is 1.53 bits per heavy atom. The molecule has 0 unspecified atom stereocenters. The van der Waals surface area contributed by atoms with Gasteiger partial charge in [0.2, 0.25) is 0 Å². The number of nitrogens with zero attached hydrogens (tertiary/aromatic N) is 2. The first-order chi connectivity index (χ1) is 15.5. The normalized spacial score (nSPS) is 13.7. The Bertz CT molecular complexity index is 1160. The van der Waals surface area contributed by atoms with Crippen molar-refractivity contribution in [1.29, 1.82) is 0 Å². The van der Waals surface area contributed by atoms with Gasteiger partial charge in [-0.05, 0) is 54.4 Å². The molecule has 3 aromatic rings. The number of hydrogen-bond donors (Lipinski definition) is 0. The molecule has 0 spiro atoms. The monoisotopic (exact) mass is 430 g/mol. The largest absolute Gasteiger partial charge is 0.497 e. The quantitative estimate of drug-likeness (QED) is 0.513. The molecule has 0 saturated heterocycles. The zero-order valence-corrected chi connectivity index (χ0v) is 17.9. The van der Waals surface area contributed by atoms with Crippen molar-refractivity contribution in [1.82, 2.24) is 4.90 Å². The molecule has 6 heteroatoms. The van der Waals surface area contributed by atoms with Gasteiger partial charge in [0, 0.05) is 12.2 Å². The van der Waals surface area contributed by atoms with E-state index in [4.69, 9.17) is 4.74 Å². The third-order valence-corrected chi connectivity index (χ3v) is 5.43. The number of imide groups is 1. The fourth-order valence-electron chi connectivity index (χ4n) is 3.83. The molecule has 3 aromatic carbocycles. The third kappa shape index (κ3) is 3.99. The number of carbonyl (C=O) groups is 2. The van der Waals surface area contributed by atoms with Gasteiger partial charge in [0.05, 0.1) is 19.2 Å². The summed E-state index contributed by atoms with van der Waals surface area (Å²) in [5.74, 6) is -0.470. The smallest absolute Gasteiger partial charge is 0.278 e. The molecule has 0 atom stereocenters. The van der Waals surface area contributed by atoms with E-state index in [0.717, 1.165) is 5.69 Å². The summed E-state index contributed by atoms with van der Waals surface area (Å²) in [5, 5.41) is 0. The Morgan fingerprint density at radius 1 is 0.875 bits per heavy atom. The molecular formula is C26H23FN2O3. The number of halogens is 1. The van der Waals surface area contributed by atoms with E-state index in [9.17, 15) is 14.0 Å². The first-order valence-electron chi connectivity index (χ1n) is 10.4. The molecule has 32 heavy (non-hydrogen) atoms. The predicted octanol–water partition coefficient (Wildman–Crippen LogP) is 4.64. The number of amides is 2. The van der Waals surface area contributed by atoms with Crippen molar-refractivity contribution < 1.29 is 18.7 Å². The summed E-state index contributed by atoms with van der Waals surface area (Å²) in [6.07, 6.45) is 0. The molecule has 0 bridgehead atoms. The van der Waals surface area contributed by atoms with Crippen LogP contribution >= 0.6 is 0 Å². The van der Waals surface area contributed by atoms with Crippen LogP contribution in [0, 0.1) is 5.82 Å². The highest BCUT2D eigenvalue weighted by Gasteiger charge is 2.41. The minimum Gasteiger partial charge on any atom is -0.497 e. The zero-order chi connectivity index (χ0) is 22.7. The minimum atomic E-state index is -0.381. The Labute approximate surface area is 186 Å². The highest BCUT2D eigenvalue weighted by Crippen LogP contribution is 2.35. The summed E-state index contributed by atoms with van der Waals surface area (Å²) in [6, 6.07) is 22.4. The molecule has 162 valence electrons. The van der Waals surface area contributed by atoms with E-state index in [-0.39, 0.29) is 24.2 Å². The van der Waals surface area contributed by atoms with Crippen molar-refractivity contribution >= 4 is 23.1 Å². The van der Waals surface area contributed by atoms with Gasteiger partial charge in [-0.2, -0.15) is 0 Å². The molecule has 1 aliphatic rings. The minimum absolute atomic E-state index is 0.0629. The number of benzene rings is 3. The summed E-state index contributed by atoms with van der Waals surface area (Å²) < 4.78 is 18.6. The van der Waals surface area contributed by atoms with Crippen LogP contribution in [0.1, 0.15) is 18.1 Å². The lowest BCUT2D eigenvalue weighted by atomic mass is 10.0. The topological polar surface area (TPSA) is 49.9 Å². The summed E-state index contributed by atoms with van der Waals surface area (Å²) in [5.41, 5.74) is 2.79. The summed E-state index contributed by atoms with van der Waals surface area (Å²) in [6.45, 7) is 2.50. The van der Waals surface area contributed by atoms with Crippen LogP contribution in [0.25, 0.3) is 5.57 Å². The lowest BCUT2D eigenvalue weighted by Gasteiger charge is -2.25. The standard InChI is InChI=1S/C26H23FN2O3/c1-3-28(21-7-5-4-6-8-21)24-23(19-11-15-22(32-2)16-12-19)25(30)29(26(24)31)17-18-9-13-20(27)14-10-18/h4-16H,3,17H2,1-2H3. The molecule has 1 aliphatic heterocycles. The SMILES string of the molecule is CCN(C1=C(c2ccc(OC)cc2)C(=O)N(Cc2ccc(F)cc2)C1=O)c1ccccc1. The molecule has 0 aromatic heterocycles. The molecule has 1 heterocycles. The Morgan fingerprint density at radius 3 is 2.12 bits per heavy atom. The molecule has 5 nitrogen and oxygen atoms in total. The number of ether oxygens (including phenoxy) is 1. The van der Waals surface area contributed by atoms with E-state index in [1.165, 1.54) is 17.0 Å². The van der Waals surface area contributed by atoms with Crippen LogP contribution in [0.4, 0.5) is 10.1 Å². The fourth-order valence-corrected chi connectivity index (χ4v) is 3.83. The number of rotatable bonds is 7. The van der Waals surface area contributed by atoms with Crippen molar-refractivity contribution in [2.75, 3.05) is 18.6 Å². The van der Waals surface area contributed by atoms with E-state index < -0.39 is 0 Å². The Hall–Kier alpha value is -3.93. The highest BCUT2D eigenvalue weighted by molar-refractivity contribution is 6.36. The number of anilines is 1. The van der Waals surface area contributed by atoms with E-state index in [2.05, 4.69) is 0 Å². The third-order valence-electron chi connectivity index (χ3n) is 5.43. The highest BCUT2D eigenvalue weighted by atomic mass is 19.1. The van der Waals surface area contributed by atoms with Gasteiger partial charge in [0.25, 0.3) is 11.8 Å². The first kappa shape index (κ1) is 21.3. The number of methoxy groups -OCH3 is 1. The average molecular weight is 430 g/mol. The Kier molecular flexibility index (Phi) is 6.03. The maximum Gasteiger partial charge on any atom is 0.278 e. The van der Waals surface area contributed by atoms with Gasteiger partial charge in [-0.1, -0.05) is 42.5 Å². The second-order valence-corrected chi connectivity index (χ2v) is 7.35. The second-order valence-electron chi connectivity index (χ2n) is 7.35. The predicted molar refractivity (Wildman–Crippen MR) is 121 cm³/mol. The van der Waals surface area contributed by atoms with Gasteiger partial charge in [-0.25, -0.2) is 4.39 Å². The molecule has 2 amide bonds. The van der Waals surface area contributed by atoms with Crippen LogP contribution in [0.2, 0.25) is 0 Å². The van der Waals surface area contributed by atoms with Crippen LogP contribution in [-0.4, -0.2) is 30.4 Å². The van der Waals surface area contributed by atoms with Crippen LogP contribution in [0.15, 0.2) is 84.6 Å². The molecule has 0 saturated carbocycles. The second kappa shape index (κ2) is 9.06. The summed E-state index contributed by atoms with van der Waals surface area (Å²) in [7, 11) is 1.57. The van der Waals surface area contributed by atoms with Gasteiger partial charge in [-0.15, -0.1) is 0 Å². The van der Waals surface area contributed by atoms with Crippen molar-refractivity contribution in [3.05, 3.63) is 102 Å². The van der Waals surface area contributed by atoms with E-state index in [1.54, 1.807) is 43.5 Å². The van der Waals surface area contributed by atoms with Gasteiger partial charge in [-0.3, -0.25) is 14.5 Å². The van der Waals surface area contributed by atoms with E-state index in [0.29, 0.717) is 34.7 Å². The zero-order valence-electron chi connectivity index (χ0n) is 17.9. The maximum atomic E-state index is 13.6. The number of carbonyl (C=O) groups excluding carboxylic acids is 2. The van der Waals surface area contributed by atoms with E-state index >= 15 is 0 Å². The van der Waals surface area contributed by atoms with Crippen LogP contribution < -0.4 is 9.64 Å². The van der Waals surface area contributed by atoms with Gasteiger partial charge in [0.15, 0.2) is 0 Å². The number of hydrogen-bond acceptors (Lipinski definition) is 4. The van der Waals surface area contributed by atoms with Gasteiger partial charge < -0.3 is 9.64 Å². The molecule has 4 rings (SSSR count). The maximum absolute atomic E-state index is 13.6. The lowest BCUT2D eigenvalue weighted by Crippen LogP contribution is -2.34. The molecule has 0 aliphatic carbocycles. The van der Waals surface area contributed by atoms with Crippen molar-refractivity contribution in [2.45, 2.75) is 13.5 Å². The van der Waals surface area contributed by atoms with Gasteiger partial charge >= 0.3 is 0 Å². The summed E-state index contributed by atoms with van der Waals surface area (Å²) >= 11 is 0. The molecular weight excluding hydrogens is 407 g/mol. The lowest BCUT2D eigenvalue weighted by molar-refractivity contribution is -0.137. The van der Waals surface area contributed by atoms with Crippen LogP contribution in [-0.2, 0) is 16.1 Å². The van der Waals surface area contributed by atoms with Gasteiger partial charge in [0.1, 0.15) is 17.3 Å². The first-order valence-corrected chi connectivity index (χ1v) is 10.4. The van der Waals surface area contributed by atoms with Crippen molar-refractivity contribution in [3.8, 4) is 5.75 Å². The van der Waals surface area contributed by atoms with Crippen molar-refractivity contribution in [2.24, 2.45) is 0 Å². The number of para-hydroxylation sites is 1. The number of likely N-dealkylation sites (N-methyl/N-ethyl adjacent to an activating group) is 1. The average Bonchev–Trinajstić information content (AvgIpc) is 3.06.